The first-order valence-corrected chi connectivity index (χ1v) is 6.60. The zero-order chi connectivity index (χ0) is 11.7. The summed E-state index contributed by atoms with van der Waals surface area (Å²) in [6, 6.07) is 0. The van der Waals surface area contributed by atoms with Crippen molar-refractivity contribution in [3.05, 3.63) is 0 Å². The van der Waals surface area contributed by atoms with Crippen LogP contribution in [0.3, 0.4) is 0 Å². The molecule has 0 aromatic heterocycles. The van der Waals surface area contributed by atoms with E-state index in [-0.39, 0.29) is 0 Å². The third-order valence-corrected chi connectivity index (χ3v) is 3.46. The number of rotatable bonds is 9. The van der Waals surface area contributed by atoms with Crippen molar-refractivity contribution in [2.75, 3.05) is 26.2 Å². The lowest BCUT2D eigenvalue weighted by Gasteiger charge is -2.26. The van der Waals surface area contributed by atoms with E-state index in [2.05, 4.69) is 32.6 Å². The van der Waals surface area contributed by atoms with Crippen LogP contribution in [0.5, 0.6) is 0 Å². The molecule has 0 aliphatic heterocycles. The van der Waals surface area contributed by atoms with Crippen molar-refractivity contribution in [1.29, 1.82) is 0 Å². The second kappa shape index (κ2) is 9.17. The van der Waals surface area contributed by atoms with E-state index in [9.17, 15) is 0 Å². The van der Waals surface area contributed by atoms with E-state index in [0.717, 1.165) is 12.5 Å². The quantitative estimate of drug-likeness (QED) is 0.639. The largest absolute Gasteiger partial charge is 0.330 e. The fourth-order valence-corrected chi connectivity index (χ4v) is 1.81. The Balaban J connectivity index is 3.80. The van der Waals surface area contributed by atoms with Crippen LogP contribution in [0.4, 0.5) is 0 Å². The van der Waals surface area contributed by atoms with Crippen LogP contribution in [-0.4, -0.2) is 31.1 Å². The summed E-state index contributed by atoms with van der Waals surface area (Å²) in [5.41, 5.74) is 5.63. The monoisotopic (exact) mass is 214 g/mol. The van der Waals surface area contributed by atoms with Crippen LogP contribution in [0.1, 0.15) is 47.0 Å². The molecule has 1 atom stereocenters. The summed E-state index contributed by atoms with van der Waals surface area (Å²) >= 11 is 0. The molecule has 2 N–H and O–H groups in total. The highest BCUT2D eigenvalue weighted by Crippen LogP contribution is 2.11. The first-order valence-electron chi connectivity index (χ1n) is 6.60. The molecule has 0 aromatic carbocycles. The lowest BCUT2D eigenvalue weighted by Crippen LogP contribution is -2.31. The summed E-state index contributed by atoms with van der Waals surface area (Å²) in [5, 5.41) is 0. The molecule has 0 amide bonds. The Hall–Kier alpha value is -0.0800. The van der Waals surface area contributed by atoms with Gasteiger partial charge in [-0.1, -0.05) is 40.5 Å². The van der Waals surface area contributed by atoms with Gasteiger partial charge in [-0.25, -0.2) is 0 Å². The number of nitrogens with two attached hydrogens (primary N) is 1. The van der Waals surface area contributed by atoms with Gasteiger partial charge < -0.3 is 10.6 Å². The van der Waals surface area contributed by atoms with E-state index >= 15 is 0 Å². The Morgan fingerprint density at radius 1 is 1.13 bits per heavy atom. The van der Waals surface area contributed by atoms with Crippen LogP contribution in [0.25, 0.3) is 0 Å². The Kier molecular flexibility index (Phi) is 9.12. The van der Waals surface area contributed by atoms with Crippen LogP contribution in [0, 0.1) is 11.8 Å². The molecule has 0 saturated heterocycles. The molecule has 0 heterocycles. The molecule has 0 aliphatic carbocycles. The number of nitrogens with zero attached hydrogens (tertiary/aromatic N) is 1. The van der Waals surface area contributed by atoms with E-state index in [4.69, 9.17) is 5.73 Å². The van der Waals surface area contributed by atoms with Gasteiger partial charge in [0.15, 0.2) is 0 Å². The molecule has 0 saturated carbocycles. The summed E-state index contributed by atoms with van der Waals surface area (Å²) < 4.78 is 0. The Morgan fingerprint density at radius 2 is 1.73 bits per heavy atom. The molecule has 15 heavy (non-hydrogen) atoms. The minimum absolute atomic E-state index is 0.667. The lowest BCUT2D eigenvalue weighted by molar-refractivity contribution is 0.221. The molecule has 0 fully saturated rings. The zero-order valence-corrected chi connectivity index (χ0v) is 11.1. The van der Waals surface area contributed by atoms with Gasteiger partial charge in [0.05, 0.1) is 0 Å². The van der Waals surface area contributed by atoms with Gasteiger partial charge in [0.2, 0.25) is 0 Å². The normalized spacial score (nSPS) is 13.8. The second-order valence-corrected chi connectivity index (χ2v) is 4.71. The number of hydrogen-bond donors (Lipinski definition) is 1. The highest BCUT2D eigenvalue weighted by Gasteiger charge is 2.10. The first-order chi connectivity index (χ1) is 7.17. The fraction of sp³-hybridized carbons (Fsp3) is 1.00. The van der Waals surface area contributed by atoms with Gasteiger partial charge in [0, 0.05) is 6.54 Å². The summed E-state index contributed by atoms with van der Waals surface area (Å²) in [7, 11) is 0. The summed E-state index contributed by atoms with van der Waals surface area (Å²) in [6.45, 7) is 13.6. The Bertz CT molecular complexity index is 132. The molecule has 0 radical (unpaired) electrons. The van der Waals surface area contributed by atoms with Crippen molar-refractivity contribution in [1.82, 2.24) is 4.90 Å². The smallest absolute Gasteiger partial charge is 0.000934 e. The second-order valence-electron chi connectivity index (χ2n) is 4.71. The fourth-order valence-electron chi connectivity index (χ4n) is 1.81. The molecule has 2 nitrogen and oxygen atoms in total. The average Bonchev–Trinajstić information content (AvgIpc) is 2.29. The van der Waals surface area contributed by atoms with Gasteiger partial charge >= 0.3 is 0 Å². The number of hydrogen-bond acceptors (Lipinski definition) is 2. The Labute approximate surface area is 96.2 Å². The van der Waals surface area contributed by atoms with Crippen LogP contribution in [-0.2, 0) is 0 Å². The van der Waals surface area contributed by atoms with Crippen molar-refractivity contribution in [2.45, 2.75) is 47.0 Å². The maximum absolute atomic E-state index is 5.63. The molecular weight excluding hydrogens is 184 g/mol. The van der Waals surface area contributed by atoms with Crippen molar-refractivity contribution < 1.29 is 0 Å². The molecule has 92 valence electrons. The predicted octanol–water partition coefficient (Wildman–Crippen LogP) is 2.73. The highest BCUT2D eigenvalue weighted by atomic mass is 15.1. The molecule has 0 aromatic rings. The van der Waals surface area contributed by atoms with Crippen LogP contribution < -0.4 is 5.73 Å². The van der Waals surface area contributed by atoms with Crippen molar-refractivity contribution >= 4 is 0 Å². The van der Waals surface area contributed by atoms with Crippen LogP contribution in [0.15, 0.2) is 0 Å². The highest BCUT2D eigenvalue weighted by molar-refractivity contribution is 4.65. The maximum atomic E-state index is 5.63. The van der Waals surface area contributed by atoms with Gasteiger partial charge in [-0.2, -0.15) is 0 Å². The molecular formula is C13H30N2. The SMILES string of the molecule is CCC(CC)CN(CC)CCC(C)CN. The summed E-state index contributed by atoms with van der Waals surface area (Å²) in [4.78, 5) is 2.57. The van der Waals surface area contributed by atoms with Gasteiger partial charge in [0.25, 0.3) is 0 Å². The minimum Gasteiger partial charge on any atom is -0.330 e. The van der Waals surface area contributed by atoms with E-state index in [1.54, 1.807) is 0 Å². The third-order valence-electron chi connectivity index (χ3n) is 3.46. The van der Waals surface area contributed by atoms with Crippen LogP contribution in [0.2, 0.25) is 0 Å². The van der Waals surface area contributed by atoms with Gasteiger partial charge in [-0.15, -0.1) is 0 Å². The van der Waals surface area contributed by atoms with Crippen LogP contribution >= 0.6 is 0 Å². The van der Waals surface area contributed by atoms with Gasteiger partial charge in [0.1, 0.15) is 0 Å². The topological polar surface area (TPSA) is 29.3 Å². The van der Waals surface area contributed by atoms with E-state index < -0.39 is 0 Å². The molecule has 0 rings (SSSR count). The predicted molar refractivity (Wildman–Crippen MR) is 69.0 cm³/mol. The van der Waals surface area contributed by atoms with E-state index in [1.807, 2.05) is 0 Å². The molecule has 1 unspecified atom stereocenters. The minimum atomic E-state index is 0.667. The standard InChI is InChI=1S/C13H30N2/c1-5-13(6-2)11-15(7-3)9-8-12(4)10-14/h12-13H,5-11,14H2,1-4H3. The molecule has 0 spiro atoms. The van der Waals surface area contributed by atoms with Crippen molar-refractivity contribution in [3.8, 4) is 0 Å². The molecule has 0 bridgehead atoms. The molecule has 2 heteroatoms. The molecule has 0 aliphatic rings. The summed E-state index contributed by atoms with van der Waals surface area (Å²) in [5.74, 6) is 1.54. The van der Waals surface area contributed by atoms with E-state index in [0.29, 0.717) is 5.92 Å². The van der Waals surface area contributed by atoms with Gasteiger partial charge in [-0.05, 0) is 37.9 Å². The lowest BCUT2D eigenvalue weighted by atomic mass is 10.0. The Morgan fingerprint density at radius 3 is 2.13 bits per heavy atom. The first kappa shape index (κ1) is 14.9. The van der Waals surface area contributed by atoms with Gasteiger partial charge in [-0.3, -0.25) is 0 Å². The zero-order valence-electron chi connectivity index (χ0n) is 11.1. The van der Waals surface area contributed by atoms with Crippen molar-refractivity contribution in [2.24, 2.45) is 17.6 Å². The van der Waals surface area contributed by atoms with E-state index in [1.165, 1.54) is 38.9 Å². The summed E-state index contributed by atoms with van der Waals surface area (Å²) in [6.07, 6.45) is 3.85. The maximum Gasteiger partial charge on any atom is 0.000934 e. The average molecular weight is 214 g/mol. The van der Waals surface area contributed by atoms with Crippen molar-refractivity contribution in [3.63, 3.8) is 0 Å². The third kappa shape index (κ3) is 6.91.